The van der Waals surface area contributed by atoms with Crippen LogP contribution in [0.5, 0.6) is 17.2 Å². The van der Waals surface area contributed by atoms with Crippen LogP contribution in [0.25, 0.3) is 0 Å². The molecule has 1 rings (SSSR count). The fourth-order valence-corrected chi connectivity index (χ4v) is 0.907. The number of hydrazone groups is 1. The van der Waals surface area contributed by atoms with E-state index in [9.17, 15) is 5.11 Å². The molecular formula is C8H9N3O3S. The quantitative estimate of drug-likeness (QED) is 0.210. The van der Waals surface area contributed by atoms with Gasteiger partial charge in [-0.2, -0.15) is 5.10 Å². The average Bonchev–Trinajstić information content (AvgIpc) is 2.18. The highest BCUT2D eigenvalue weighted by molar-refractivity contribution is 7.80. The lowest BCUT2D eigenvalue weighted by atomic mass is 10.2. The fraction of sp³-hybridized carbons (Fsp3) is 0. The van der Waals surface area contributed by atoms with Crippen LogP contribution in [0.1, 0.15) is 5.56 Å². The summed E-state index contributed by atoms with van der Waals surface area (Å²) in [6.45, 7) is 0. The van der Waals surface area contributed by atoms with Crippen molar-refractivity contribution in [2.75, 3.05) is 0 Å². The highest BCUT2D eigenvalue weighted by Gasteiger charge is 2.08. The van der Waals surface area contributed by atoms with Crippen molar-refractivity contribution < 1.29 is 15.3 Å². The molecule has 80 valence electrons. The number of hydrogen-bond donors (Lipinski definition) is 5. The molecule has 0 aliphatic heterocycles. The Morgan fingerprint density at radius 1 is 1.33 bits per heavy atom. The van der Waals surface area contributed by atoms with Crippen LogP contribution < -0.4 is 11.2 Å². The zero-order valence-electron chi connectivity index (χ0n) is 7.51. The standard InChI is InChI=1S/C8H9N3O3S/c9-8(15)11-10-3-4-1-2-5(12)7(14)6(4)13/h1-3,12-14H,(H3,9,11,15). The molecule has 1 aromatic rings. The molecule has 0 radical (unpaired) electrons. The molecule has 0 aliphatic rings. The van der Waals surface area contributed by atoms with E-state index in [0.717, 1.165) is 0 Å². The smallest absolute Gasteiger partial charge is 0.200 e. The average molecular weight is 227 g/mol. The van der Waals surface area contributed by atoms with Crippen molar-refractivity contribution in [2.24, 2.45) is 10.8 Å². The zero-order valence-corrected chi connectivity index (χ0v) is 8.32. The molecule has 0 aliphatic carbocycles. The molecule has 0 fully saturated rings. The van der Waals surface area contributed by atoms with Gasteiger partial charge in [-0.1, -0.05) is 0 Å². The molecule has 15 heavy (non-hydrogen) atoms. The molecule has 6 N–H and O–H groups in total. The van der Waals surface area contributed by atoms with Crippen LogP contribution in [-0.2, 0) is 0 Å². The van der Waals surface area contributed by atoms with Crippen molar-refractivity contribution in [1.29, 1.82) is 0 Å². The summed E-state index contributed by atoms with van der Waals surface area (Å²) < 4.78 is 0. The summed E-state index contributed by atoms with van der Waals surface area (Å²) in [5.41, 5.74) is 7.60. The van der Waals surface area contributed by atoms with Crippen LogP contribution in [-0.4, -0.2) is 26.6 Å². The molecule has 0 unspecified atom stereocenters. The predicted molar refractivity (Wildman–Crippen MR) is 59.0 cm³/mol. The van der Waals surface area contributed by atoms with E-state index < -0.39 is 17.2 Å². The summed E-state index contributed by atoms with van der Waals surface area (Å²) in [6.07, 6.45) is 1.20. The number of benzene rings is 1. The second kappa shape index (κ2) is 4.47. The minimum absolute atomic E-state index is 0.0197. The third-order valence-corrected chi connectivity index (χ3v) is 1.63. The lowest BCUT2D eigenvalue weighted by Gasteiger charge is -2.03. The molecule has 0 spiro atoms. The largest absolute Gasteiger partial charge is 0.504 e. The van der Waals surface area contributed by atoms with Crippen molar-refractivity contribution in [3.05, 3.63) is 17.7 Å². The van der Waals surface area contributed by atoms with Crippen LogP contribution in [0.3, 0.4) is 0 Å². The Balaban J connectivity index is 2.92. The lowest BCUT2D eigenvalue weighted by molar-refractivity contribution is 0.367. The topological polar surface area (TPSA) is 111 Å². The number of phenols is 3. The molecule has 0 amide bonds. The first-order valence-electron chi connectivity index (χ1n) is 3.84. The van der Waals surface area contributed by atoms with Crippen molar-refractivity contribution in [3.63, 3.8) is 0 Å². The molecule has 0 heterocycles. The summed E-state index contributed by atoms with van der Waals surface area (Å²) in [7, 11) is 0. The summed E-state index contributed by atoms with van der Waals surface area (Å²) in [4.78, 5) is 0. The van der Waals surface area contributed by atoms with E-state index in [1.165, 1.54) is 18.3 Å². The normalized spacial score (nSPS) is 10.4. The van der Waals surface area contributed by atoms with E-state index in [-0.39, 0.29) is 10.7 Å². The maximum absolute atomic E-state index is 9.35. The molecular weight excluding hydrogens is 218 g/mol. The SMILES string of the molecule is NC(=S)NN=Cc1ccc(O)c(O)c1O. The molecule has 6 nitrogen and oxygen atoms in total. The minimum Gasteiger partial charge on any atom is -0.504 e. The summed E-state index contributed by atoms with van der Waals surface area (Å²) >= 11 is 4.49. The number of thiocarbonyl (C=S) groups is 1. The first kappa shape index (κ1) is 11.1. The van der Waals surface area contributed by atoms with Gasteiger partial charge in [0.2, 0.25) is 5.75 Å². The van der Waals surface area contributed by atoms with E-state index >= 15 is 0 Å². The zero-order chi connectivity index (χ0) is 11.4. The van der Waals surface area contributed by atoms with Gasteiger partial charge in [-0.15, -0.1) is 0 Å². The number of hydrogen-bond acceptors (Lipinski definition) is 5. The van der Waals surface area contributed by atoms with Crippen LogP contribution >= 0.6 is 12.2 Å². The third-order valence-electron chi connectivity index (χ3n) is 1.54. The van der Waals surface area contributed by atoms with E-state index in [1.54, 1.807) is 0 Å². The predicted octanol–water partition coefficient (Wildman–Crippen LogP) is -0.0295. The Kier molecular flexibility index (Phi) is 3.29. The van der Waals surface area contributed by atoms with Crippen molar-refractivity contribution in [1.82, 2.24) is 5.43 Å². The van der Waals surface area contributed by atoms with Gasteiger partial charge in [0.05, 0.1) is 6.21 Å². The third kappa shape index (κ3) is 2.71. The van der Waals surface area contributed by atoms with Gasteiger partial charge in [0, 0.05) is 5.56 Å². The monoisotopic (exact) mass is 227 g/mol. The fourth-order valence-electron chi connectivity index (χ4n) is 0.854. The van der Waals surface area contributed by atoms with E-state index in [4.69, 9.17) is 15.9 Å². The van der Waals surface area contributed by atoms with Crippen LogP contribution in [0.4, 0.5) is 0 Å². The van der Waals surface area contributed by atoms with Crippen molar-refractivity contribution >= 4 is 23.5 Å². The van der Waals surface area contributed by atoms with Gasteiger partial charge in [-0.05, 0) is 24.4 Å². The van der Waals surface area contributed by atoms with Crippen LogP contribution in [0.2, 0.25) is 0 Å². The van der Waals surface area contributed by atoms with Crippen molar-refractivity contribution in [2.45, 2.75) is 0 Å². The Bertz CT molecular complexity index is 420. The Hall–Kier alpha value is -2.02. The van der Waals surface area contributed by atoms with Gasteiger partial charge < -0.3 is 21.1 Å². The van der Waals surface area contributed by atoms with Gasteiger partial charge in [0.15, 0.2) is 16.6 Å². The summed E-state index contributed by atoms with van der Waals surface area (Å²) in [5, 5.41) is 31.1. The Labute approximate surface area is 90.7 Å². The molecule has 7 heteroatoms. The molecule has 0 saturated heterocycles. The number of rotatable bonds is 2. The maximum Gasteiger partial charge on any atom is 0.200 e. The van der Waals surface area contributed by atoms with Crippen LogP contribution in [0, 0.1) is 0 Å². The number of nitrogens with two attached hydrogens (primary N) is 1. The maximum atomic E-state index is 9.35. The molecule has 1 aromatic carbocycles. The molecule has 0 saturated carbocycles. The lowest BCUT2D eigenvalue weighted by Crippen LogP contribution is -2.23. The van der Waals surface area contributed by atoms with Crippen LogP contribution in [0.15, 0.2) is 17.2 Å². The Morgan fingerprint density at radius 2 is 2.00 bits per heavy atom. The molecule has 0 aromatic heterocycles. The van der Waals surface area contributed by atoms with Gasteiger partial charge in [0.25, 0.3) is 0 Å². The van der Waals surface area contributed by atoms with Gasteiger partial charge in [-0.25, -0.2) is 0 Å². The summed E-state index contributed by atoms with van der Waals surface area (Å²) in [6, 6.07) is 2.59. The van der Waals surface area contributed by atoms with Gasteiger partial charge in [0.1, 0.15) is 0 Å². The Morgan fingerprint density at radius 3 is 2.60 bits per heavy atom. The van der Waals surface area contributed by atoms with Gasteiger partial charge >= 0.3 is 0 Å². The number of nitrogens with zero attached hydrogens (tertiary/aromatic N) is 1. The highest BCUT2D eigenvalue weighted by atomic mass is 32.1. The van der Waals surface area contributed by atoms with E-state index in [2.05, 4.69) is 22.7 Å². The second-order valence-corrected chi connectivity index (χ2v) is 3.05. The number of phenolic OH excluding ortho intramolecular Hbond substituents is 3. The highest BCUT2D eigenvalue weighted by Crippen LogP contribution is 2.35. The number of nitrogens with one attached hydrogen (secondary N) is 1. The van der Waals surface area contributed by atoms with E-state index in [0.29, 0.717) is 0 Å². The number of aromatic hydroxyl groups is 3. The molecule has 0 atom stereocenters. The van der Waals surface area contributed by atoms with Gasteiger partial charge in [-0.3, -0.25) is 5.43 Å². The first-order valence-corrected chi connectivity index (χ1v) is 4.25. The van der Waals surface area contributed by atoms with E-state index in [1.807, 2.05) is 0 Å². The van der Waals surface area contributed by atoms with Crippen molar-refractivity contribution in [3.8, 4) is 17.2 Å². The first-order chi connectivity index (χ1) is 7.02. The molecule has 0 bridgehead atoms. The second-order valence-electron chi connectivity index (χ2n) is 2.61. The summed E-state index contributed by atoms with van der Waals surface area (Å²) in [5.74, 6) is -1.48. The minimum atomic E-state index is -0.603.